The van der Waals surface area contributed by atoms with Crippen LogP contribution in [0.1, 0.15) is 99.5 Å². The summed E-state index contributed by atoms with van der Waals surface area (Å²) >= 11 is 0. The van der Waals surface area contributed by atoms with Crippen LogP contribution in [0.3, 0.4) is 0 Å². The molecule has 1 aliphatic carbocycles. The molecule has 0 heterocycles. The molecule has 0 spiro atoms. The van der Waals surface area contributed by atoms with E-state index in [2.05, 4.69) is 44.0 Å². The lowest BCUT2D eigenvalue weighted by atomic mass is 9.98. The summed E-state index contributed by atoms with van der Waals surface area (Å²) < 4.78 is 16.5. The number of benzene rings is 5. The Morgan fingerprint density at radius 1 is 0.487 bits per heavy atom. The minimum absolute atomic E-state index is 0.0329. The fraction of sp³-hybridized carbons (Fsp3) is 0.373. The number of unbranched alkanes of at least 4 members (excludes halogenated alkanes) is 2. The molecule has 17 nitrogen and oxygen atoms in total. The van der Waals surface area contributed by atoms with Gasteiger partial charge >= 0.3 is 18.3 Å². The maximum Gasteiger partial charge on any atom is 0.408 e. The summed E-state index contributed by atoms with van der Waals surface area (Å²) in [6, 6.07) is 39.1. The number of rotatable bonds is 27. The number of carbonyl (C=O) groups excluding carboxylic acids is 7. The summed E-state index contributed by atoms with van der Waals surface area (Å²) in [7, 11) is 0. The predicted octanol–water partition coefficient (Wildman–Crippen LogP) is 7.50. The van der Waals surface area contributed by atoms with E-state index in [4.69, 9.17) is 19.9 Å². The third kappa shape index (κ3) is 18.6. The van der Waals surface area contributed by atoms with E-state index in [-0.39, 0.29) is 57.9 Å². The van der Waals surface area contributed by atoms with Crippen LogP contribution in [-0.2, 0) is 52.8 Å². The van der Waals surface area contributed by atoms with Gasteiger partial charge in [-0.25, -0.2) is 14.4 Å². The molecule has 7 amide bonds. The number of amides is 7. The predicted molar refractivity (Wildman–Crippen MR) is 288 cm³/mol. The first-order chi connectivity index (χ1) is 36.6. The molecular formula is C59H71N7O10. The van der Waals surface area contributed by atoms with Crippen LogP contribution >= 0.6 is 0 Å². The number of fused-ring (bicyclic) bond motifs is 3. The standard InChI is InChI=1S/C59H71N7O10/c1-59(2,3)76-58(73)66-49(32-18-20-36-62-57(72)75-39-47-45-29-15-13-27-43(45)44-28-14-16-30-46(44)47)53(68)64-50(34-33-40-21-7-4-8-22-40)54(69)65-51(37-41-23-9-5-10-24-41)55(70)63-48(52(60)67)31-17-19-35-61-56(71)74-38-42-25-11-6-12-26-42/h4-16,21-30,47-51H,17-20,31-39H2,1-3H3,(H2,60,67)(H,61,71)(H,62,72)(H,63,70)(H,64,68)(H,65,69)(H,66,73)/t48-,49-,50-,51-/m0/s1. The van der Waals surface area contributed by atoms with Crippen molar-refractivity contribution >= 4 is 41.9 Å². The van der Waals surface area contributed by atoms with Crippen LogP contribution in [0, 0.1) is 0 Å². The molecule has 6 rings (SSSR count). The smallest absolute Gasteiger partial charge is 0.408 e. The van der Waals surface area contributed by atoms with Crippen molar-refractivity contribution in [2.45, 2.75) is 121 Å². The van der Waals surface area contributed by atoms with Crippen molar-refractivity contribution in [3.8, 4) is 11.1 Å². The first-order valence-corrected chi connectivity index (χ1v) is 25.9. The second-order valence-electron chi connectivity index (χ2n) is 19.7. The molecule has 8 N–H and O–H groups in total. The van der Waals surface area contributed by atoms with Gasteiger partial charge in [0.1, 0.15) is 43.0 Å². The van der Waals surface area contributed by atoms with Crippen molar-refractivity contribution in [1.82, 2.24) is 31.9 Å². The van der Waals surface area contributed by atoms with Gasteiger partial charge in [0, 0.05) is 25.4 Å². The van der Waals surface area contributed by atoms with Gasteiger partial charge in [-0.1, -0.05) is 140 Å². The second kappa shape index (κ2) is 29.0. The van der Waals surface area contributed by atoms with Gasteiger partial charge in [-0.05, 0) is 111 Å². The molecule has 5 aromatic rings. The number of hydrogen-bond donors (Lipinski definition) is 7. The lowest BCUT2D eigenvalue weighted by Gasteiger charge is -2.27. The van der Waals surface area contributed by atoms with Crippen LogP contribution < -0.4 is 37.6 Å². The number of nitrogens with two attached hydrogens (primary N) is 1. The summed E-state index contributed by atoms with van der Waals surface area (Å²) in [5, 5.41) is 16.6. The van der Waals surface area contributed by atoms with Crippen molar-refractivity contribution in [1.29, 1.82) is 0 Å². The quantitative estimate of drug-likeness (QED) is 0.0202. The van der Waals surface area contributed by atoms with Crippen molar-refractivity contribution in [3.63, 3.8) is 0 Å². The van der Waals surface area contributed by atoms with Crippen molar-refractivity contribution in [3.05, 3.63) is 167 Å². The highest BCUT2D eigenvalue weighted by atomic mass is 16.6. The Kier molecular flexibility index (Phi) is 21.8. The molecule has 4 atom stereocenters. The zero-order valence-electron chi connectivity index (χ0n) is 43.5. The SMILES string of the molecule is CC(C)(C)OC(=O)N[C@@H](CCCCNC(=O)OCC1c2ccccc2-c2ccccc21)C(=O)N[C@@H](CCc1ccccc1)C(=O)N[C@@H](Cc1ccccc1)C(=O)N[C@@H](CCCCNC(=O)OCc1ccccc1)C(N)=O. The average molecular weight is 1040 g/mol. The van der Waals surface area contributed by atoms with Crippen LogP contribution in [0.25, 0.3) is 11.1 Å². The van der Waals surface area contributed by atoms with Crippen LogP contribution in [-0.4, -0.2) is 91.4 Å². The second-order valence-corrected chi connectivity index (χ2v) is 19.7. The first kappa shape index (κ1) is 57.1. The first-order valence-electron chi connectivity index (χ1n) is 25.9. The molecule has 0 saturated heterocycles. The highest BCUT2D eigenvalue weighted by Crippen LogP contribution is 2.44. The van der Waals surface area contributed by atoms with Gasteiger partial charge in [-0.2, -0.15) is 0 Å². The molecule has 1 aliphatic rings. The fourth-order valence-electron chi connectivity index (χ4n) is 8.86. The Morgan fingerprint density at radius 3 is 1.49 bits per heavy atom. The third-order valence-electron chi connectivity index (χ3n) is 12.7. The molecule has 0 saturated carbocycles. The van der Waals surface area contributed by atoms with Gasteiger partial charge in [-0.15, -0.1) is 0 Å². The molecule has 76 heavy (non-hydrogen) atoms. The van der Waals surface area contributed by atoms with Gasteiger partial charge in [0.25, 0.3) is 0 Å². The lowest BCUT2D eigenvalue weighted by Crippen LogP contribution is -2.58. The molecule has 17 heteroatoms. The van der Waals surface area contributed by atoms with Gasteiger partial charge in [-0.3, -0.25) is 19.2 Å². The molecule has 0 bridgehead atoms. The van der Waals surface area contributed by atoms with E-state index in [9.17, 15) is 33.6 Å². The number of ether oxygens (including phenoxy) is 3. The van der Waals surface area contributed by atoms with Gasteiger partial charge < -0.3 is 51.8 Å². The molecule has 0 fully saturated rings. The molecule has 0 aromatic heterocycles. The summed E-state index contributed by atoms with van der Waals surface area (Å²) in [5.74, 6) is -2.90. The zero-order chi connectivity index (χ0) is 54.3. The van der Waals surface area contributed by atoms with Crippen LogP contribution in [0.4, 0.5) is 14.4 Å². The highest BCUT2D eigenvalue weighted by molar-refractivity contribution is 5.95. The molecule has 402 valence electrons. The Labute approximate surface area is 444 Å². The topological polar surface area (TPSA) is 245 Å². The van der Waals surface area contributed by atoms with Gasteiger partial charge in [0.2, 0.25) is 23.6 Å². The Balaban J connectivity index is 1.07. The van der Waals surface area contributed by atoms with E-state index in [0.717, 1.165) is 33.4 Å². The van der Waals surface area contributed by atoms with E-state index in [1.165, 1.54) is 0 Å². The summed E-state index contributed by atoms with van der Waals surface area (Å²) in [6.07, 6.45) is 0.429. The Hall–Kier alpha value is -8.21. The zero-order valence-corrected chi connectivity index (χ0v) is 43.5. The monoisotopic (exact) mass is 1040 g/mol. The molecule has 5 aromatic carbocycles. The summed E-state index contributed by atoms with van der Waals surface area (Å²) in [4.78, 5) is 94.0. The maximum absolute atomic E-state index is 14.5. The van der Waals surface area contributed by atoms with Crippen molar-refractivity contribution in [2.24, 2.45) is 5.73 Å². The highest BCUT2D eigenvalue weighted by Gasteiger charge is 2.33. The summed E-state index contributed by atoms with van der Waals surface area (Å²) in [6.45, 7) is 5.84. The fourth-order valence-corrected chi connectivity index (χ4v) is 8.86. The van der Waals surface area contributed by atoms with Crippen molar-refractivity contribution in [2.75, 3.05) is 19.7 Å². The third-order valence-corrected chi connectivity index (χ3v) is 12.7. The minimum Gasteiger partial charge on any atom is -0.449 e. The number of alkyl carbamates (subject to hydrolysis) is 3. The van der Waals surface area contributed by atoms with Gasteiger partial charge in [0.05, 0.1) is 0 Å². The number of carbonyl (C=O) groups is 7. The molecular weight excluding hydrogens is 967 g/mol. The Morgan fingerprint density at radius 2 is 0.934 bits per heavy atom. The van der Waals surface area contributed by atoms with Crippen LogP contribution in [0.5, 0.6) is 0 Å². The largest absolute Gasteiger partial charge is 0.449 e. The normalized spacial score (nSPS) is 13.2. The van der Waals surface area contributed by atoms with E-state index >= 15 is 0 Å². The molecule has 0 aliphatic heterocycles. The number of hydrogen-bond acceptors (Lipinski definition) is 10. The van der Waals surface area contributed by atoms with E-state index in [1.807, 2.05) is 103 Å². The van der Waals surface area contributed by atoms with E-state index in [0.29, 0.717) is 37.7 Å². The van der Waals surface area contributed by atoms with Crippen LogP contribution in [0.2, 0.25) is 0 Å². The number of aryl methyl sites for hydroxylation is 1. The maximum atomic E-state index is 14.5. The number of primary amides is 1. The number of nitrogens with one attached hydrogen (secondary N) is 6. The minimum atomic E-state index is -1.21. The van der Waals surface area contributed by atoms with Crippen molar-refractivity contribution < 1.29 is 47.8 Å². The van der Waals surface area contributed by atoms with Crippen LogP contribution in [0.15, 0.2) is 140 Å². The summed E-state index contributed by atoms with van der Waals surface area (Å²) in [5.41, 5.74) is 11.8. The van der Waals surface area contributed by atoms with E-state index < -0.39 is 71.7 Å². The lowest BCUT2D eigenvalue weighted by molar-refractivity contribution is -0.133. The Bertz CT molecular complexity index is 2660. The molecule has 0 radical (unpaired) electrons. The van der Waals surface area contributed by atoms with E-state index in [1.54, 1.807) is 45.0 Å². The average Bonchev–Trinajstić information content (AvgIpc) is 3.74. The van der Waals surface area contributed by atoms with Gasteiger partial charge in [0.15, 0.2) is 0 Å². The molecule has 0 unspecified atom stereocenters.